The summed E-state index contributed by atoms with van der Waals surface area (Å²) in [7, 11) is 0. The third-order valence-electron chi connectivity index (χ3n) is 5.81. The standard InChI is InChI=1S/C20H22N4O5/c25-18-16(7-3-4-10-21-18)22-15-9-8-12(11-17(15)24(28)29)23-19(26)13-5-1-2-6-14(13)20(23)27/h1-2,8-9,11,13-14,16,22H,3-7,10H2,(H,21,25)/t13-,14+,16-/m0/s1. The van der Waals surface area contributed by atoms with Crippen LogP contribution < -0.4 is 15.5 Å². The Morgan fingerprint density at radius 2 is 1.76 bits per heavy atom. The summed E-state index contributed by atoms with van der Waals surface area (Å²) < 4.78 is 0. The number of anilines is 2. The first-order valence-electron chi connectivity index (χ1n) is 9.83. The summed E-state index contributed by atoms with van der Waals surface area (Å²) >= 11 is 0. The van der Waals surface area contributed by atoms with E-state index in [1.54, 1.807) is 0 Å². The van der Waals surface area contributed by atoms with E-state index in [0.29, 0.717) is 25.8 Å². The number of fused-ring (bicyclic) bond motifs is 1. The molecule has 0 aromatic heterocycles. The van der Waals surface area contributed by atoms with Gasteiger partial charge in [-0.1, -0.05) is 12.2 Å². The van der Waals surface area contributed by atoms with Gasteiger partial charge in [0.05, 0.1) is 22.4 Å². The molecule has 3 amide bonds. The summed E-state index contributed by atoms with van der Waals surface area (Å²) in [6, 6.07) is 3.65. The van der Waals surface area contributed by atoms with Gasteiger partial charge >= 0.3 is 0 Å². The number of nitro benzene ring substituents is 1. The molecule has 0 saturated carbocycles. The van der Waals surface area contributed by atoms with Gasteiger partial charge in [-0.25, -0.2) is 4.90 Å². The molecule has 2 heterocycles. The largest absolute Gasteiger partial charge is 0.368 e. The zero-order valence-corrected chi connectivity index (χ0v) is 15.8. The van der Waals surface area contributed by atoms with Crippen LogP contribution in [0.3, 0.4) is 0 Å². The molecule has 9 nitrogen and oxygen atoms in total. The van der Waals surface area contributed by atoms with Gasteiger partial charge in [-0.2, -0.15) is 0 Å². The van der Waals surface area contributed by atoms with E-state index in [0.717, 1.165) is 17.7 Å². The topological polar surface area (TPSA) is 122 Å². The van der Waals surface area contributed by atoms with Crippen molar-refractivity contribution in [1.29, 1.82) is 0 Å². The number of allylic oxidation sites excluding steroid dienone is 2. The highest BCUT2D eigenvalue weighted by Crippen LogP contribution is 2.39. The summed E-state index contributed by atoms with van der Waals surface area (Å²) in [6.07, 6.45) is 7.06. The van der Waals surface area contributed by atoms with Crippen molar-refractivity contribution >= 4 is 34.8 Å². The number of carbonyl (C=O) groups is 3. The second kappa shape index (κ2) is 7.65. The summed E-state index contributed by atoms with van der Waals surface area (Å²) in [5.41, 5.74) is 0.115. The lowest BCUT2D eigenvalue weighted by atomic mass is 9.85. The molecule has 152 valence electrons. The Balaban J connectivity index is 1.63. The number of nitro groups is 1. The first kappa shape index (κ1) is 19.1. The fourth-order valence-corrected chi connectivity index (χ4v) is 4.25. The number of imide groups is 1. The Morgan fingerprint density at radius 3 is 2.41 bits per heavy atom. The Hall–Kier alpha value is -3.23. The van der Waals surface area contributed by atoms with Crippen molar-refractivity contribution in [2.45, 2.75) is 38.1 Å². The third kappa shape index (κ3) is 3.48. The lowest BCUT2D eigenvalue weighted by Crippen LogP contribution is -2.38. The number of nitrogens with one attached hydrogen (secondary N) is 2. The zero-order valence-electron chi connectivity index (χ0n) is 15.8. The van der Waals surface area contributed by atoms with Crippen LogP contribution in [0.1, 0.15) is 32.1 Å². The lowest BCUT2D eigenvalue weighted by Gasteiger charge is -2.19. The van der Waals surface area contributed by atoms with Crippen molar-refractivity contribution in [2.24, 2.45) is 11.8 Å². The first-order valence-corrected chi connectivity index (χ1v) is 9.83. The number of hydrogen-bond donors (Lipinski definition) is 2. The maximum Gasteiger partial charge on any atom is 0.294 e. The molecular formula is C20H22N4O5. The molecule has 1 aromatic rings. The number of carbonyl (C=O) groups excluding carboxylic acids is 3. The van der Waals surface area contributed by atoms with Crippen molar-refractivity contribution in [3.63, 3.8) is 0 Å². The predicted octanol–water partition coefficient (Wildman–Crippen LogP) is 2.13. The number of benzene rings is 1. The van der Waals surface area contributed by atoms with Crippen LogP contribution in [0.2, 0.25) is 0 Å². The van der Waals surface area contributed by atoms with Crippen molar-refractivity contribution in [2.75, 3.05) is 16.8 Å². The molecular weight excluding hydrogens is 376 g/mol. The maximum absolute atomic E-state index is 12.7. The molecule has 0 unspecified atom stereocenters. The van der Waals surface area contributed by atoms with E-state index in [2.05, 4.69) is 10.6 Å². The van der Waals surface area contributed by atoms with Gasteiger partial charge in [0.2, 0.25) is 17.7 Å². The molecule has 2 aliphatic heterocycles. The molecule has 4 rings (SSSR count). The van der Waals surface area contributed by atoms with Crippen LogP contribution in [-0.4, -0.2) is 35.2 Å². The fourth-order valence-electron chi connectivity index (χ4n) is 4.25. The third-order valence-corrected chi connectivity index (χ3v) is 5.81. The van der Waals surface area contributed by atoms with E-state index in [4.69, 9.17) is 0 Å². The van der Waals surface area contributed by atoms with Gasteiger partial charge in [-0.3, -0.25) is 24.5 Å². The van der Waals surface area contributed by atoms with Crippen LogP contribution in [0.25, 0.3) is 0 Å². The van der Waals surface area contributed by atoms with Gasteiger partial charge in [-0.05, 0) is 44.2 Å². The zero-order chi connectivity index (χ0) is 20.5. The van der Waals surface area contributed by atoms with Crippen LogP contribution in [0.15, 0.2) is 30.4 Å². The van der Waals surface area contributed by atoms with Gasteiger partial charge < -0.3 is 10.6 Å². The highest BCUT2D eigenvalue weighted by molar-refractivity contribution is 6.22. The van der Waals surface area contributed by atoms with Crippen LogP contribution in [-0.2, 0) is 14.4 Å². The molecule has 1 aliphatic carbocycles. The maximum atomic E-state index is 12.7. The highest BCUT2D eigenvalue weighted by atomic mass is 16.6. The number of nitrogens with zero attached hydrogens (tertiary/aromatic N) is 2. The molecule has 2 saturated heterocycles. The summed E-state index contributed by atoms with van der Waals surface area (Å²) in [5.74, 6) is -1.63. The SMILES string of the molecule is O=C1NCCCC[C@@H]1Nc1ccc(N2C(=O)[C@H]3CC=CC[C@H]3C2=O)cc1[N+](=O)[O-]. The average Bonchev–Trinajstić information content (AvgIpc) is 2.83. The highest BCUT2D eigenvalue weighted by Gasteiger charge is 2.48. The Labute approximate surface area is 167 Å². The minimum Gasteiger partial charge on any atom is -0.368 e. The number of hydrogen-bond acceptors (Lipinski definition) is 6. The first-order chi connectivity index (χ1) is 14.0. The molecule has 0 spiro atoms. The summed E-state index contributed by atoms with van der Waals surface area (Å²) in [4.78, 5) is 49.8. The van der Waals surface area contributed by atoms with E-state index < -0.39 is 22.8 Å². The molecule has 2 N–H and O–H groups in total. The average molecular weight is 398 g/mol. The van der Waals surface area contributed by atoms with Gasteiger partial charge in [0.25, 0.3) is 5.69 Å². The van der Waals surface area contributed by atoms with Crippen LogP contribution in [0.4, 0.5) is 17.1 Å². The molecule has 2 fully saturated rings. The molecule has 1 aromatic carbocycles. The second-order valence-corrected chi connectivity index (χ2v) is 7.61. The quantitative estimate of drug-likeness (QED) is 0.347. The number of amides is 3. The van der Waals surface area contributed by atoms with E-state index in [-0.39, 0.29) is 34.8 Å². The molecule has 9 heteroatoms. The van der Waals surface area contributed by atoms with E-state index >= 15 is 0 Å². The van der Waals surface area contributed by atoms with Gasteiger partial charge in [-0.15, -0.1) is 0 Å². The van der Waals surface area contributed by atoms with E-state index in [9.17, 15) is 24.5 Å². The Bertz CT molecular complexity index is 886. The van der Waals surface area contributed by atoms with Gasteiger partial charge in [0.1, 0.15) is 11.7 Å². The van der Waals surface area contributed by atoms with Crippen LogP contribution in [0.5, 0.6) is 0 Å². The fraction of sp³-hybridized carbons (Fsp3) is 0.450. The molecule has 0 bridgehead atoms. The molecule has 29 heavy (non-hydrogen) atoms. The van der Waals surface area contributed by atoms with Crippen LogP contribution >= 0.6 is 0 Å². The van der Waals surface area contributed by atoms with Crippen molar-refractivity contribution < 1.29 is 19.3 Å². The van der Waals surface area contributed by atoms with Gasteiger partial charge in [0.15, 0.2) is 0 Å². The summed E-state index contributed by atoms with van der Waals surface area (Å²) in [6.45, 7) is 0.592. The number of rotatable bonds is 4. The Morgan fingerprint density at radius 1 is 1.07 bits per heavy atom. The lowest BCUT2D eigenvalue weighted by molar-refractivity contribution is -0.383. The van der Waals surface area contributed by atoms with Crippen molar-refractivity contribution in [3.05, 3.63) is 40.5 Å². The summed E-state index contributed by atoms with van der Waals surface area (Å²) in [5, 5.41) is 17.4. The Kier molecular flexibility index (Phi) is 5.04. The van der Waals surface area contributed by atoms with Crippen molar-refractivity contribution in [3.8, 4) is 0 Å². The van der Waals surface area contributed by atoms with E-state index in [1.165, 1.54) is 18.2 Å². The smallest absolute Gasteiger partial charge is 0.294 e. The minimum atomic E-state index is -0.569. The molecule has 3 aliphatic rings. The van der Waals surface area contributed by atoms with E-state index in [1.807, 2.05) is 12.2 Å². The minimum absolute atomic E-state index is 0.192. The van der Waals surface area contributed by atoms with Crippen molar-refractivity contribution in [1.82, 2.24) is 5.32 Å². The normalized spacial score (nSPS) is 26.7. The second-order valence-electron chi connectivity index (χ2n) is 7.61. The molecule has 3 atom stereocenters. The molecule has 0 radical (unpaired) electrons. The van der Waals surface area contributed by atoms with Crippen LogP contribution in [0, 0.1) is 22.0 Å². The van der Waals surface area contributed by atoms with Gasteiger partial charge in [0, 0.05) is 12.6 Å². The predicted molar refractivity (Wildman–Crippen MR) is 105 cm³/mol. The monoisotopic (exact) mass is 398 g/mol.